The number of hydrogen-bond donors (Lipinski definition) is 2. The van der Waals surface area contributed by atoms with Crippen molar-refractivity contribution in [3.05, 3.63) is 47.4 Å². The number of carbonyl (C=O) groups is 1. The predicted molar refractivity (Wildman–Crippen MR) is 125 cm³/mol. The van der Waals surface area contributed by atoms with Gasteiger partial charge >= 0.3 is 6.03 Å². The van der Waals surface area contributed by atoms with E-state index in [-0.39, 0.29) is 30.6 Å². The smallest absolute Gasteiger partial charge is 0.331 e. The van der Waals surface area contributed by atoms with Crippen LogP contribution in [0.15, 0.2) is 35.3 Å². The molecule has 31 heavy (non-hydrogen) atoms. The summed E-state index contributed by atoms with van der Waals surface area (Å²) in [5, 5.41) is 9.81. The van der Waals surface area contributed by atoms with E-state index in [1.54, 1.807) is 9.80 Å². The van der Waals surface area contributed by atoms with Gasteiger partial charge in [0.1, 0.15) is 11.5 Å². The number of aliphatic hydroxyl groups excluding tert-OH is 1. The van der Waals surface area contributed by atoms with E-state index >= 15 is 0 Å². The minimum atomic E-state index is -0.263. The molecule has 0 fully saturated rings. The molecule has 3 heterocycles. The molecule has 2 aliphatic rings. The van der Waals surface area contributed by atoms with Gasteiger partial charge in [0, 0.05) is 13.0 Å². The number of nitrogens with zero attached hydrogens (tertiary/aromatic N) is 4. The number of amidine groups is 1. The fourth-order valence-corrected chi connectivity index (χ4v) is 4.20. The van der Waals surface area contributed by atoms with Crippen molar-refractivity contribution in [1.29, 1.82) is 0 Å². The number of rotatable bonds is 9. The van der Waals surface area contributed by atoms with Crippen LogP contribution in [0.2, 0.25) is 0 Å². The molecule has 0 spiro atoms. The predicted octanol–water partition coefficient (Wildman–Crippen LogP) is 3.95. The second-order valence-corrected chi connectivity index (χ2v) is 8.18. The second kappa shape index (κ2) is 10.3. The van der Waals surface area contributed by atoms with Gasteiger partial charge in [-0.25, -0.2) is 9.78 Å². The van der Waals surface area contributed by atoms with Crippen LogP contribution in [-0.4, -0.2) is 57.1 Å². The summed E-state index contributed by atoms with van der Waals surface area (Å²) in [6.45, 7) is 5.29. The first-order valence-electron chi connectivity index (χ1n) is 11.1. The van der Waals surface area contributed by atoms with Crippen molar-refractivity contribution in [1.82, 2.24) is 14.9 Å². The first-order valence-corrected chi connectivity index (χ1v) is 11.1. The molecule has 2 N–H and O–H groups in total. The highest BCUT2D eigenvalue weighted by molar-refractivity contribution is 6.18. The Morgan fingerprint density at radius 3 is 2.74 bits per heavy atom. The molecule has 7 nitrogen and oxygen atoms in total. The van der Waals surface area contributed by atoms with Crippen LogP contribution in [0, 0.1) is 0 Å². The van der Waals surface area contributed by atoms with E-state index in [0.29, 0.717) is 18.9 Å². The lowest BCUT2D eigenvalue weighted by atomic mass is 10.1. The Morgan fingerprint density at radius 2 is 2.03 bits per heavy atom. The molecule has 8 heteroatoms. The number of aromatic amines is 1. The lowest BCUT2D eigenvalue weighted by Gasteiger charge is -2.32. The van der Waals surface area contributed by atoms with Crippen molar-refractivity contribution >= 4 is 30.1 Å². The molecule has 0 radical (unpaired) electrons. The third-order valence-electron chi connectivity index (χ3n) is 5.81. The Morgan fingerprint density at radius 1 is 1.26 bits per heavy atom. The van der Waals surface area contributed by atoms with Gasteiger partial charge in [0.15, 0.2) is 11.7 Å². The van der Waals surface area contributed by atoms with Crippen molar-refractivity contribution in [2.75, 3.05) is 18.0 Å². The quantitative estimate of drug-likeness (QED) is 0.612. The van der Waals surface area contributed by atoms with Gasteiger partial charge in [-0.05, 0) is 37.7 Å². The summed E-state index contributed by atoms with van der Waals surface area (Å²) in [6.07, 6.45) is 4.54. The molecule has 0 saturated carbocycles. The number of amides is 2. The van der Waals surface area contributed by atoms with Crippen molar-refractivity contribution in [3.63, 3.8) is 0 Å². The number of aliphatic hydroxyl groups is 1. The number of halogens is 1. The maximum absolute atomic E-state index is 13.2. The Kier molecular flexibility index (Phi) is 7.73. The summed E-state index contributed by atoms with van der Waals surface area (Å²) in [7, 11) is 0. The van der Waals surface area contributed by atoms with E-state index < -0.39 is 0 Å². The average Bonchev–Trinajstić information content (AvgIpc) is 3.36. The van der Waals surface area contributed by atoms with E-state index in [1.807, 2.05) is 25.1 Å². The summed E-state index contributed by atoms with van der Waals surface area (Å²) in [6, 6.07) is 10.3. The van der Waals surface area contributed by atoms with Crippen molar-refractivity contribution < 1.29 is 9.90 Å². The fourth-order valence-electron chi connectivity index (χ4n) is 4.20. The molecule has 1 unspecified atom stereocenters. The Bertz CT molecular complexity index is 914. The minimum Gasteiger partial charge on any atom is -0.393 e. The number of aryl methyl sites for hydroxylation is 1. The molecular formula is C23H32ClN5O2. The zero-order chi connectivity index (χ0) is 21.1. The van der Waals surface area contributed by atoms with E-state index in [2.05, 4.69) is 24.0 Å². The third kappa shape index (κ3) is 4.93. The molecule has 4 rings (SSSR count). The Hall–Kier alpha value is -2.38. The molecule has 0 aliphatic carbocycles. The van der Waals surface area contributed by atoms with E-state index in [0.717, 1.165) is 55.9 Å². The molecule has 2 aliphatic heterocycles. The first kappa shape index (κ1) is 23.3. The number of urea groups is 1. The van der Waals surface area contributed by atoms with Crippen LogP contribution < -0.4 is 4.90 Å². The molecule has 2 amide bonds. The molecule has 0 bridgehead atoms. The number of nitrogens with one attached hydrogen (secondary N) is 1. The van der Waals surface area contributed by atoms with Crippen LogP contribution in [-0.2, 0) is 12.8 Å². The van der Waals surface area contributed by atoms with Crippen LogP contribution in [0.5, 0.6) is 0 Å². The first-order chi connectivity index (χ1) is 14.6. The maximum atomic E-state index is 13.2. The molecule has 168 valence electrons. The summed E-state index contributed by atoms with van der Waals surface area (Å²) < 4.78 is 0. The van der Waals surface area contributed by atoms with Crippen LogP contribution in [0.25, 0.3) is 0 Å². The molecular weight excluding hydrogens is 414 g/mol. The van der Waals surface area contributed by atoms with E-state index in [4.69, 9.17) is 9.98 Å². The highest BCUT2D eigenvalue weighted by atomic mass is 35.5. The number of aromatic nitrogens is 2. The monoisotopic (exact) mass is 445 g/mol. The summed E-state index contributed by atoms with van der Waals surface area (Å²) in [5.74, 6) is 2.27. The van der Waals surface area contributed by atoms with Crippen LogP contribution in [0.3, 0.4) is 0 Å². The van der Waals surface area contributed by atoms with Gasteiger partial charge in [0.2, 0.25) is 0 Å². The van der Waals surface area contributed by atoms with Crippen LogP contribution in [0.1, 0.15) is 56.6 Å². The summed E-state index contributed by atoms with van der Waals surface area (Å²) >= 11 is 0. The number of carbonyl (C=O) groups excluding carboxylic acids is 1. The molecule has 2 atom stereocenters. The zero-order valence-corrected chi connectivity index (χ0v) is 19.1. The lowest BCUT2D eigenvalue weighted by Crippen LogP contribution is -2.50. The second-order valence-electron chi connectivity index (χ2n) is 8.18. The summed E-state index contributed by atoms with van der Waals surface area (Å²) in [4.78, 5) is 29.9. The van der Waals surface area contributed by atoms with E-state index in [1.165, 1.54) is 5.56 Å². The average molecular weight is 446 g/mol. The molecule has 1 aromatic carbocycles. The largest absolute Gasteiger partial charge is 0.393 e. The van der Waals surface area contributed by atoms with E-state index in [9.17, 15) is 9.90 Å². The number of benzene rings is 1. The molecule has 0 saturated heterocycles. The number of imidazole rings is 1. The summed E-state index contributed by atoms with van der Waals surface area (Å²) in [5.41, 5.74) is 2.08. The lowest BCUT2D eigenvalue weighted by molar-refractivity contribution is 0.157. The van der Waals surface area contributed by atoms with Crippen molar-refractivity contribution in [2.45, 2.75) is 64.5 Å². The van der Waals surface area contributed by atoms with Gasteiger partial charge in [-0.1, -0.05) is 44.2 Å². The normalized spacial score (nSPS) is 18.4. The fraction of sp³-hybridized carbons (Fsp3) is 0.522. The number of aliphatic imine (C=N–C) groups is 1. The Balaban J connectivity index is 0.00000272. The highest BCUT2D eigenvalue weighted by Crippen LogP contribution is 2.31. The number of H-pyrrole nitrogens is 1. The Labute approximate surface area is 190 Å². The van der Waals surface area contributed by atoms with Crippen molar-refractivity contribution in [2.24, 2.45) is 4.99 Å². The van der Waals surface area contributed by atoms with Gasteiger partial charge in [-0.3, -0.25) is 14.8 Å². The SMILES string of the molecule is CCCN1C(=O)N2CC(Cc3ccccc3)N=C2c2[nH]c(CCC[C@H](O)CC)nc21.Cl. The third-order valence-corrected chi connectivity index (χ3v) is 5.81. The highest BCUT2D eigenvalue weighted by Gasteiger charge is 2.42. The van der Waals surface area contributed by atoms with Gasteiger partial charge in [-0.15, -0.1) is 12.4 Å². The molecule has 1 aromatic heterocycles. The van der Waals surface area contributed by atoms with Crippen LogP contribution in [0.4, 0.5) is 10.6 Å². The number of fused-ring (bicyclic) bond motifs is 3. The van der Waals surface area contributed by atoms with Crippen LogP contribution >= 0.6 is 12.4 Å². The maximum Gasteiger partial charge on any atom is 0.331 e. The van der Waals surface area contributed by atoms with Gasteiger partial charge in [0.05, 0.1) is 18.7 Å². The molecule has 2 aromatic rings. The number of hydrogen-bond acceptors (Lipinski definition) is 4. The van der Waals surface area contributed by atoms with Gasteiger partial charge in [0.25, 0.3) is 0 Å². The number of anilines is 1. The van der Waals surface area contributed by atoms with Gasteiger partial charge < -0.3 is 10.1 Å². The minimum absolute atomic E-state index is 0. The zero-order valence-electron chi connectivity index (χ0n) is 18.3. The van der Waals surface area contributed by atoms with Crippen molar-refractivity contribution in [3.8, 4) is 0 Å². The standard InChI is InChI=1S/C23H31N5O2.ClH/c1-3-13-27-22-20(25-19(26-22)12-8-11-18(29)4-2)21-24-17(15-28(21)23(27)30)14-16-9-6-5-7-10-16;/h5-7,9-10,17-18,29H,3-4,8,11-15H2,1-2H3,(H,25,26);1H/t17?,18-;/m1./s1. The topological polar surface area (TPSA) is 84.8 Å². The van der Waals surface area contributed by atoms with Gasteiger partial charge in [-0.2, -0.15) is 0 Å².